The third-order valence-corrected chi connectivity index (χ3v) is 6.38. The van der Waals surface area contributed by atoms with E-state index in [-0.39, 0.29) is 6.10 Å². The molecule has 0 saturated carbocycles. The molecule has 1 atom stereocenters. The normalized spacial score (nSPS) is 16.3. The number of nitrogens with zero attached hydrogens (tertiary/aromatic N) is 2. The average molecular weight is 495 g/mol. The van der Waals surface area contributed by atoms with E-state index < -0.39 is 0 Å². The zero-order valence-corrected chi connectivity index (χ0v) is 21.3. The number of pyridine rings is 1. The van der Waals surface area contributed by atoms with E-state index >= 15 is 0 Å². The van der Waals surface area contributed by atoms with Gasteiger partial charge in [0.25, 0.3) is 0 Å². The topological polar surface area (TPSA) is 79.2 Å². The van der Waals surface area contributed by atoms with E-state index in [0.717, 1.165) is 56.1 Å². The van der Waals surface area contributed by atoms with E-state index in [1.54, 1.807) is 6.08 Å². The first kappa shape index (κ1) is 26.2. The molecule has 0 amide bonds. The van der Waals surface area contributed by atoms with Crippen LogP contribution in [0.15, 0.2) is 85.6 Å². The van der Waals surface area contributed by atoms with Crippen molar-refractivity contribution in [1.29, 1.82) is 5.26 Å². The van der Waals surface area contributed by atoms with Crippen LogP contribution in [-0.4, -0.2) is 43.9 Å². The molecule has 1 fully saturated rings. The molecule has 190 valence electrons. The highest BCUT2D eigenvalue weighted by Gasteiger charge is 2.22. The minimum absolute atomic E-state index is 0.0331. The fraction of sp³-hybridized carbons (Fsp3) is 0.290. The van der Waals surface area contributed by atoms with E-state index in [1.165, 1.54) is 11.1 Å². The number of ether oxygens (including phenoxy) is 2. The first-order valence-electron chi connectivity index (χ1n) is 12.7. The van der Waals surface area contributed by atoms with Crippen LogP contribution in [0.25, 0.3) is 11.1 Å². The van der Waals surface area contributed by atoms with Gasteiger partial charge in [-0.2, -0.15) is 5.26 Å². The Labute approximate surface area is 219 Å². The zero-order valence-electron chi connectivity index (χ0n) is 21.3. The molecule has 0 spiro atoms. The molecule has 2 aliphatic rings. The second kappa shape index (κ2) is 13.4. The fourth-order valence-electron chi connectivity index (χ4n) is 4.12. The molecule has 2 aromatic carbocycles. The zero-order chi connectivity index (χ0) is 25.9. The lowest BCUT2D eigenvalue weighted by Crippen LogP contribution is -2.40. The van der Waals surface area contributed by atoms with Gasteiger partial charge in [0.05, 0.1) is 37.1 Å². The van der Waals surface area contributed by atoms with Crippen molar-refractivity contribution in [3.63, 3.8) is 0 Å². The maximum Gasteiger partial charge on any atom is 0.237 e. The summed E-state index contributed by atoms with van der Waals surface area (Å²) in [5.74, 6) is 1.19. The van der Waals surface area contributed by atoms with E-state index in [4.69, 9.17) is 14.7 Å². The number of rotatable bonds is 8. The summed E-state index contributed by atoms with van der Waals surface area (Å²) in [6.45, 7) is 9.42. The SMILES string of the molecule is C=C/C=C\C.N#Cc1ccc(CCNCC2CNc3cc(-c4ccc(C5COC5)cc4)cnc3O2)cc1. The first-order chi connectivity index (χ1) is 18.2. The summed E-state index contributed by atoms with van der Waals surface area (Å²) in [5.41, 5.74) is 6.41. The van der Waals surface area contributed by atoms with Crippen LogP contribution >= 0.6 is 0 Å². The van der Waals surface area contributed by atoms with Gasteiger partial charge in [-0.3, -0.25) is 0 Å². The maximum atomic E-state index is 8.88. The Balaban J connectivity index is 0.000000586. The van der Waals surface area contributed by atoms with Gasteiger partial charge in [0.2, 0.25) is 5.88 Å². The number of aromatic nitrogens is 1. The highest BCUT2D eigenvalue weighted by Crippen LogP contribution is 2.32. The number of hydrogen-bond donors (Lipinski definition) is 2. The molecular weight excluding hydrogens is 460 g/mol. The highest BCUT2D eigenvalue weighted by atomic mass is 16.5. The van der Waals surface area contributed by atoms with Crippen molar-refractivity contribution >= 4 is 5.69 Å². The summed E-state index contributed by atoms with van der Waals surface area (Å²) in [6.07, 6.45) is 8.40. The van der Waals surface area contributed by atoms with E-state index in [0.29, 0.717) is 17.4 Å². The Morgan fingerprint density at radius 2 is 1.92 bits per heavy atom. The number of anilines is 1. The van der Waals surface area contributed by atoms with Crippen molar-refractivity contribution < 1.29 is 9.47 Å². The molecule has 3 aromatic rings. The molecule has 1 aromatic heterocycles. The number of hydrogen-bond acceptors (Lipinski definition) is 6. The highest BCUT2D eigenvalue weighted by molar-refractivity contribution is 5.70. The standard InChI is InChI=1S/C26H26N4O2.C5H8/c27-12-19-3-1-18(2-4-19)9-10-28-14-24-15-29-25-11-22(13-30-26(25)32-24)20-5-7-21(8-6-20)23-16-31-17-23;1-3-5-4-2/h1-8,11,13,23-24,28-29H,9-10,14-17H2;3-5H,1H2,2H3/b;5-4-. The van der Waals surface area contributed by atoms with Crippen molar-refractivity contribution in [2.75, 3.05) is 38.2 Å². The summed E-state index contributed by atoms with van der Waals surface area (Å²) in [7, 11) is 0. The van der Waals surface area contributed by atoms with Gasteiger partial charge in [-0.15, -0.1) is 0 Å². The molecule has 5 rings (SSSR count). The summed E-state index contributed by atoms with van der Waals surface area (Å²) < 4.78 is 11.4. The van der Waals surface area contributed by atoms with Crippen LogP contribution in [0.3, 0.4) is 0 Å². The molecule has 2 aliphatic heterocycles. The number of allylic oxidation sites excluding steroid dienone is 3. The van der Waals surface area contributed by atoms with Gasteiger partial charge < -0.3 is 20.1 Å². The monoisotopic (exact) mass is 494 g/mol. The number of benzene rings is 2. The van der Waals surface area contributed by atoms with Crippen LogP contribution in [0.1, 0.15) is 29.5 Å². The molecule has 3 heterocycles. The van der Waals surface area contributed by atoms with Crippen LogP contribution < -0.4 is 15.4 Å². The lowest BCUT2D eigenvalue weighted by molar-refractivity contribution is 0.00843. The van der Waals surface area contributed by atoms with Crippen LogP contribution in [0.2, 0.25) is 0 Å². The van der Waals surface area contributed by atoms with Crippen LogP contribution in [-0.2, 0) is 11.2 Å². The van der Waals surface area contributed by atoms with Gasteiger partial charge in [0, 0.05) is 24.2 Å². The first-order valence-corrected chi connectivity index (χ1v) is 12.7. The van der Waals surface area contributed by atoms with Gasteiger partial charge in [0.15, 0.2) is 0 Å². The summed E-state index contributed by atoms with van der Waals surface area (Å²) >= 11 is 0. The van der Waals surface area contributed by atoms with Gasteiger partial charge in [-0.25, -0.2) is 4.98 Å². The molecular formula is C31H34N4O2. The minimum Gasteiger partial charge on any atom is -0.470 e. The van der Waals surface area contributed by atoms with Crippen molar-refractivity contribution in [1.82, 2.24) is 10.3 Å². The van der Waals surface area contributed by atoms with Crippen molar-refractivity contribution in [2.45, 2.75) is 25.4 Å². The summed E-state index contributed by atoms with van der Waals surface area (Å²) in [6, 6.07) is 20.7. The van der Waals surface area contributed by atoms with Gasteiger partial charge in [-0.1, -0.05) is 61.2 Å². The lowest BCUT2D eigenvalue weighted by atomic mass is 9.95. The molecule has 0 aliphatic carbocycles. The lowest BCUT2D eigenvalue weighted by Gasteiger charge is -2.27. The largest absolute Gasteiger partial charge is 0.470 e. The van der Waals surface area contributed by atoms with E-state index in [9.17, 15) is 0 Å². The van der Waals surface area contributed by atoms with Crippen LogP contribution in [0.5, 0.6) is 5.88 Å². The fourth-order valence-corrected chi connectivity index (χ4v) is 4.12. The average Bonchev–Trinajstić information content (AvgIpc) is 2.91. The number of nitrogens with one attached hydrogen (secondary N) is 2. The molecule has 37 heavy (non-hydrogen) atoms. The number of nitriles is 1. The molecule has 0 bridgehead atoms. The Hall–Kier alpha value is -3.92. The molecule has 6 nitrogen and oxygen atoms in total. The molecule has 1 unspecified atom stereocenters. The third kappa shape index (κ3) is 7.29. The summed E-state index contributed by atoms with van der Waals surface area (Å²) in [5, 5.41) is 15.8. The minimum atomic E-state index is 0.0331. The Bertz CT molecular complexity index is 1230. The summed E-state index contributed by atoms with van der Waals surface area (Å²) in [4.78, 5) is 4.56. The van der Waals surface area contributed by atoms with Crippen LogP contribution in [0, 0.1) is 11.3 Å². The number of fused-ring (bicyclic) bond motifs is 1. The quantitative estimate of drug-likeness (QED) is 0.319. The van der Waals surface area contributed by atoms with Gasteiger partial charge in [0.1, 0.15) is 6.10 Å². The maximum absolute atomic E-state index is 8.88. The van der Waals surface area contributed by atoms with E-state index in [1.807, 2.05) is 49.5 Å². The molecule has 0 radical (unpaired) electrons. The predicted molar refractivity (Wildman–Crippen MR) is 149 cm³/mol. The van der Waals surface area contributed by atoms with Crippen LogP contribution in [0.4, 0.5) is 5.69 Å². The Morgan fingerprint density at radius 1 is 1.14 bits per heavy atom. The van der Waals surface area contributed by atoms with E-state index in [2.05, 4.69) is 58.6 Å². The Morgan fingerprint density at radius 3 is 2.54 bits per heavy atom. The molecule has 6 heteroatoms. The van der Waals surface area contributed by atoms with Gasteiger partial charge in [-0.05, 0) is 54.8 Å². The van der Waals surface area contributed by atoms with Crippen molar-refractivity contribution in [3.05, 3.63) is 102 Å². The van der Waals surface area contributed by atoms with Crippen molar-refractivity contribution in [2.24, 2.45) is 0 Å². The third-order valence-electron chi connectivity index (χ3n) is 6.38. The van der Waals surface area contributed by atoms with Crippen molar-refractivity contribution in [3.8, 4) is 23.1 Å². The second-order valence-corrected chi connectivity index (χ2v) is 9.08. The Kier molecular flexibility index (Phi) is 9.47. The molecule has 1 saturated heterocycles. The smallest absolute Gasteiger partial charge is 0.237 e. The second-order valence-electron chi connectivity index (χ2n) is 9.08. The predicted octanol–water partition coefficient (Wildman–Crippen LogP) is 5.49. The van der Waals surface area contributed by atoms with Gasteiger partial charge >= 0.3 is 0 Å². The molecule has 2 N–H and O–H groups in total.